The summed E-state index contributed by atoms with van der Waals surface area (Å²) in [4.78, 5) is 23.8. The van der Waals surface area contributed by atoms with Gasteiger partial charge in [-0.05, 0) is 43.9 Å². The van der Waals surface area contributed by atoms with Crippen LogP contribution in [0.4, 0.5) is 0 Å². The molecule has 0 spiro atoms. The van der Waals surface area contributed by atoms with Crippen LogP contribution in [0, 0.1) is 5.92 Å². The Balaban J connectivity index is 1.80. The van der Waals surface area contributed by atoms with Crippen LogP contribution in [-0.2, 0) is 14.3 Å². The maximum Gasteiger partial charge on any atom is 0.309 e. The smallest absolute Gasteiger partial charge is 0.309 e. The quantitative estimate of drug-likeness (QED) is 0.639. The zero-order valence-corrected chi connectivity index (χ0v) is 14.4. The van der Waals surface area contributed by atoms with Crippen LogP contribution in [0.25, 0.3) is 0 Å². The molecule has 0 fully saturated rings. The van der Waals surface area contributed by atoms with Gasteiger partial charge >= 0.3 is 5.97 Å². The fraction of sp³-hybridized carbons (Fsp3) is 0.412. The number of rotatable bonds is 5. The normalized spacial score (nSPS) is 18.3. The summed E-state index contributed by atoms with van der Waals surface area (Å²) in [5, 5.41) is 3.66. The Morgan fingerprint density at radius 3 is 2.74 bits per heavy atom. The minimum absolute atomic E-state index is 0.139. The monoisotopic (exact) mass is 355 g/mol. The Morgan fingerprint density at radius 2 is 2.09 bits per heavy atom. The number of ether oxygens (including phenoxy) is 1. The van der Waals surface area contributed by atoms with Gasteiger partial charge in [0.2, 0.25) is 0 Å². The third kappa shape index (κ3) is 5.26. The molecular formula is C17H19Cl2NO3. The molecule has 1 aromatic carbocycles. The highest BCUT2D eigenvalue weighted by molar-refractivity contribution is 6.42. The summed E-state index contributed by atoms with van der Waals surface area (Å²) in [6.45, 7) is 1.55. The highest BCUT2D eigenvalue weighted by Crippen LogP contribution is 2.25. The van der Waals surface area contributed by atoms with E-state index in [1.54, 1.807) is 18.2 Å². The van der Waals surface area contributed by atoms with Crippen LogP contribution in [0.15, 0.2) is 30.4 Å². The van der Waals surface area contributed by atoms with Gasteiger partial charge in [0.1, 0.15) is 0 Å². The Morgan fingerprint density at radius 1 is 1.30 bits per heavy atom. The highest BCUT2D eigenvalue weighted by atomic mass is 35.5. The second kappa shape index (κ2) is 8.37. The summed E-state index contributed by atoms with van der Waals surface area (Å²) < 4.78 is 5.09. The van der Waals surface area contributed by atoms with Gasteiger partial charge in [-0.2, -0.15) is 0 Å². The largest absolute Gasteiger partial charge is 0.455 e. The van der Waals surface area contributed by atoms with Crippen molar-refractivity contribution in [3.8, 4) is 0 Å². The molecule has 4 nitrogen and oxygen atoms in total. The number of carbonyl (C=O) groups excluding carboxylic acids is 2. The van der Waals surface area contributed by atoms with Crippen LogP contribution in [0.3, 0.4) is 0 Å². The average Bonchev–Trinajstić information content (AvgIpc) is 2.55. The lowest BCUT2D eigenvalue weighted by atomic mass is 9.95. The summed E-state index contributed by atoms with van der Waals surface area (Å²) in [6.07, 6.45) is 6.36. The van der Waals surface area contributed by atoms with Gasteiger partial charge in [-0.1, -0.05) is 41.4 Å². The van der Waals surface area contributed by atoms with Crippen molar-refractivity contribution in [1.29, 1.82) is 0 Å². The molecule has 23 heavy (non-hydrogen) atoms. The summed E-state index contributed by atoms with van der Waals surface area (Å²) in [6, 6.07) is 4.92. The molecule has 0 saturated carbocycles. The van der Waals surface area contributed by atoms with Gasteiger partial charge in [-0.25, -0.2) is 0 Å². The molecule has 0 saturated heterocycles. The SMILES string of the molecule is CC(NC(=O)COC(=O)C1CC=CCC1)c1ccc(Cl)c(Cl)c1. The summed E-state index contributed by atoms with van der Waals surface area (Å²) in [5.41, 5.74) is 0.830. The van der Waals surface area contributed by atoms with Crippen molar-refractivity contribution in [3.05, 3.63) is 46.0 Å². The summed E-state index contributed by atoms with van der Waals surface area (Å²) >= 11 is 11.8. The molecule has 1 aromatic rings. The van der Waals surface area contributed by atoms with Gasteiger partial charge < -0.3 is 10.1 Å². The van der Waals surface area contributed by atoms with Gasteiger partial charge in [0.15, 0.2) is 6.61 Å². The van der Waals surface area contributed by atoms with E-state index in [0.29, 0.717) is 16.5 Å². The molecule has 0 bridgehead atoms. The summed E-state index contributed by atoms with van der Waals surface area (Å²) in [5.74, 6) is -0.796. The third-order valence-electron chi connectivity index (χ3n) is 3.77. The maximum atomic E-state index is 11.9. The first-order valence-corrected chi connectivity index (χ1v) is 8.29. The Bertz CT molecular complexity index is 616. The average molecular weight is 356 g/mol. The first-order chi connectivity index (χ1) is 11.0. The number of esters is 1. The third-order valence-corrected chi connectivity index (χ3v) is 4.51. The van der Waals surface area contributed by atoms with E-state index in [-0.39, 0.29) is 30.4 Å². The molecule has 1 N–H and O–H groups in total. The van der Waals surface area contributed by atoms with Gasteiger partial charge in [0, 0.05) is 0 Å². The number of hydrogen-bond acceptors (Lipinski definition) is 3. The molecule has 2 atom stereocenters. The van der Waals surface area contributed by atoms with Crippen molar-refractivity contribution >= 4 is 35.1 Å². The predicted octanol–water partition coefficient (Wildman–Crippen LogP) is 4.07. The van der Waals surface area contributed by atoms with E-state index in [0.717, 1.165) is 18.4 Å². The predicted molar refractivity (Wildman–Crippen MR) is 90.5 cm³/mol. The number of allylic oxidation sites excluding steroid dienone is 2. The van der Waals surface area contributed by atoms with E-state index >= 15 is 0 Å². The van der Waals surface area contributed by atoms with Crippen molar-refractivity contribution in [3.63, 3.8) is 0 Å². The molecule has 1 amide bonds. The minimum Gasteiger partial charge on any atom is -0.455 e. The van der Waals surface area contributed by atoms with E-state index in [1.165, 1.54) is 0 Å². The molecule has 0 radical (unpaired) electrons. The van der Waals surface area contributed by atoms with Gasteiger partial charge in [-0.3, -0.25) is 9.59 Å². The maximum absolute atomic E-state index is 11.9. The fourth-order valence-corrected chi connectivity index (χ4v) is 2.72. The number of amides is 1. The van der Waals surface area contributed by atoms with E-state index in [2.05, 4.69) is 11.4 Å². The highest BCUT2D eigenvalue weighted by Gasteiger charge is 2.21. The molecule has 6 heteroatoms. The number of carbonyl (C=O) groups is 2. The molecule has 1 aliphatic rings. The second-order valence-electron chi connectivity index (χ2n) is 5.55. The van der Waals surface area contributed by atoms with Crippen LogP contribution >= 0.6 is 23.2 Å². The summed E-state index contributed by atoms with van der Waals surface area (Å²) in [7, 11) is 0. The lowest BCUT2D eigenvalue weighted by molar-refractivity contribution is -0.153. The molecule has 2 rings (SSSR count). The second-order valence-corrected chi connectivity index (χ2v) is 6.37. The molecule has 0 heterocycles. The standard InChI is InChI=1S/C17H19Cl2NO3/c1-11(13-7-8-14(18)15(19)9-13)20-16(21)10-23-17(22)12-5-3-2-4-6-12/h2-3,7-9,11-12H,4-6,10H2,1H3,(H,20,21). The van der Waals surface area contributed by atoms with E-state index in [4.69, 9.17) is 27.9 Å². The number of hydrogen-bond donors (Lipinski definition) is 1. The van der Waals surface area contributed by atoms with Crippen molar-refractivity contribution in [2.75, 3.05) is 6.61 Å². The zero-order valence-electron chi connectivity index (χ0n) is 12.9. The van der Waals surface area contributed by atoms with Gasteiger partial charge in [0.25, 0.3) is 5.91 Å². The Hall–Kier alpha value is -1.52. The molecule has 0 aliphatic heterocycles. The molecule has 1 aliphatic carbocycles. The van der Waals surface area contributed by atoms with Crippen LogP contribution in [0.2, 0.25) is 10.0 Å². The van der Waals surface area contributed by atoms with E-state index in [1.807, 2.05) is 13.0 Å². The van der Waals surface area contributed by atoms with Crippen molar-refractivity contribution in [2.24, 2.45) is 5.92 Å². The number of halogens is 2. The molecular weight excluding hydrogens is 337 g/mol. The van der Waals surface area contributed by atoms with Crippen LogP contribution in [-0.4, -0.2) is 18.5 Å². The van der Waals surface area contributed by atoms with Crippen molar-refractivity contribution < 1.29 is 14.3 Å². The lowest BCUT2D eigenvalue weighted by Gasteiger charge is -2.18. The van der Waals surface area contributed by atoms with E-state index in [9.17, 15) is 9.59 Å². The Labute approximate surface area is 145 Å². The molecule has 124 valence electrons. The molecule has 0 aromatic heterocycles. The topological polar surface area (TPSA) is 55.4 Å². The van der Waals surface area contributed by atoms with Gasteiger partial charge in [-0.15, -0.1) is 0 Å². The zero-order chi connectivity index (χ0) is 16.8. The molecule has 2 unspecified atom stereocenters. The van der Waals surface area contributed by atoms with Crippen molar-refractivity contribution in [2.45, 2.75) is 32.2 Å². The first kappa shape index (κ1) is 17.8. The van der Waals surface area contributed by atoms with Gasteiger partial charge in [0.05, 0.1) is 22.0 Å². The first-order valence-electron chi connectivity index (χ1n) is 7.53. The Kier molecular flexibility index (Phi) is 6.48. The number of benzene rings is 1. The fourth-order valence-electron chi connectivity index (χ4n) is 2.41. The van der Waals surface area contributed by atoms with E-state index < -0.39 is 0 Å². The van der Waals surface area contributed by atoms with Crippen LogP contribution < -0.4 is 5.32 Å². The van der Waals surface area contributed by atoms with Crippen molar-refractivity contribution in [1.82, 2.24) is 5.32 Å². The van der Waals surface area contributed by atoms with Crippen LogP contribution in [0.5, 0.6) is 0 Å². The lowest BCUT2D eigenvalue weighted by Crippen LogP contribution is -2.32. The number of nitrogens with one attached hydrogen (secondary N) is 1. The minimum atomic E-state index is -0.344. The van der Waals surface area contributed by atoms with Crippen LogP contribution in [0.1, 0.15) is 37.8 Å².